The topological polar surface area (TPSA) is 52.0 Å². The Morgan fingerprint density at radius 2 is 1.93 bits per heavy atom. The summed E-state index contributed by atoms with van der Waals surface area (Å²) in [4.78, 5) is 0. The molecule has 0 fully saturated rings. The Labute approximate surface area is 85.7 Å². The van der Waals surface area contributed by atoms with Crippen molar-refractivity contribution in [1.29, 1.82) is 0 Å². The van der Waals surface area contributed by atoms with E-state index >= 15 is 0 Å². The van der Waals surface area contributed by atoms with Gasteiger partial charge in [0.1, 0.15) is 5.76 Å². The van der Waals surface area contributed by atoms with Crippen molar-refractivity contribution in [3.63, 3.8) is 0 Å². The Kier molecular flexibility index (Phi) is 5.30. The van der Waals surface area contributed by atoms with E-state index in [1.54, 1.807) is 0 Å². The van der Waals surface area contributed by atoms with Gasteiger partial charge in [0.05, 0.1) is 5.69 Å². The van der Waals surface area contributed by atoms with Crippen LogP contribution in [0.15, 0.2) is 10.6 Å². The Balaban J connectivity index is 1.99. The second kappa shape index (κ2) is 6.60. The first-order valence-electron chi connectivity index (χ1n) is 5.45. The molecule has 1 heterocycles. The molecule has 0 amide bonds. The first-order valence-corrected chi connectivity index (χ1v) is 5.45. The molecule has 1 rings (SSSR count). The largest absolute Gasteiger partial charge is 0.361 e. The van der Waals surface area contributed by atoms with Gasteiger partial charge in [0, 0.05) is 12.5 Å². The van der Waals surface area contributed by atoms with Gasteiger partial charge in [-0.1, -0.05) is 24.4 Å². The summed E-state index contributed by atoms with van der Waals surface area (Å²) in [5.74, 6) is 1.02. The van der Waals surface area contributed by atoms with Crippen molar-refractivity contribution in [2.75, 3.05) is 6.54 Å². The van der Waals surface area contributed by atoms with Gasteiger partial charge in [0.25, 0.3) is 0 Å². The summed E-state index contributed by atoms with van der Waals surface area (Å²) in [5.41, 5.74) is 6.39. The highest BCUT2D eigenvalue weighted by molar-refractivity contribution is 5.02. The fourth-order valence-corrected chi connectivity index (χ4v) is 1.51. The quantitative estimate of drug-likeness (QED) is 0.681. The predicted octanol–water partition coefficient (Wildman–Crippen LogP) is 2.43. The third-order valence-corrected chi connectivity index (χ3v) is 2.30. The molecule has 0 saturated carbocycles. The molecule has 0 aliphatic heterocycles. The van der Waals surface area contributed by atoms with Crippen molar-refractivity contribution in [2.45, 2.75) is 45.4 Å². The molecule has 0 spiro atoms. The zero-order valence-corrected chi connectivity index (χ0v) is 8.96. The standard InChI is InChI=1S/C11H20N2O/c1-10-9-11(14-13-10)7-5-3-2-4-6-8-12/h9H,2-8,12H2,1H3. The molecule has 1 aromatic heterocycles. The van der Waals surface area contributed by atoms with Crippen LogP contribution in [-0.2, 0) is 6.42 Å². The van der Waals surface area contributed by atoms with Gasteiger partial charge in [-0.15, -0.1) is 0 Å². The molecule has 3 heteroatoms. The van der Waals surface area contributed by atoms with Gasteiger partial charge < -0.3 is 10.3 Å². The first-order chi connectivity index (χ1) is 6.83. The Morgan fingerprint density at radius 3 is 2.57 bits per heavy atom. The Morgan fingerprint density at radius 1 is 1.21 bits per heavy atom. The van der Waals surface area contributed by atoms with Gasteiger partial charge in [0.15, 0.2) is 0 Å². The lowest BCUT2D eigenvalue weighted by Crippen LogP contribution is -1.97. The zero-order valence-electron chi connectivity index (χ0n) is 8.96. The molecule has 0 saturated heterocycles. The van der Waals surface area contributed by atoms with E-state index < -0.39 is 0 Å². The highest BCUT2D eigenvalue weighted by atomic mass is 16.5. The predicted molar refractivity (Wildman–Crippen MR) is 57.1 cm³/mol. The van der Waals surface area contributed by atoms with Crippen molar-refractivity contribution in [3.8, 4) is 0 Å². The van der Waals surface area contributed by atoms with Gasteiger partial charge >= 0.3 is 0 Å². The van der Waals surface area contributed by atoms with Crippen molar-refractivity contribution in [3.05, 3.63) is 17.5 Å². The molecule has 0 aliphatic carbocycles. The van der Waals surface area contributed by atoms with Crippen LogP contribution in [0.4, 0.5) is 0 Å². The van der Waals surface area contributed by atoms with E-state index in [0.29, 0.717) is 0 Å². The van der Waals surface area contributed by atoms with Gasteiger partial charge in [-0.25, -0.2) is 0 Å². The number of hydrogen-bond acceptors (Lipinski definition) is 3. The third-order valence-electron chi connectivity index (χ3n) is 2.30. The summed E-state index contributed by atoms with van der Waals surface area (Å²) in [6, 6.07) is 2.01. The van der Waals surface area contributed by atoms with E-state index in [-0.39, 0.29) is 0 Å². The smallest absolute Gasteiger partial charge is 0.136 e. The Bertz CT molecular complexity index is 245. The van der Waals surface area contributed by atoms with Crippen LogP contribution in [0.3, 0.4) is 0 Å². The molecule has 3 nitrogen and oxygen atoms in total. The Hall–Kier alpha value is -0.830. The minimum Gasteiger partial charge on any atom is -0.361 e. The van der Waals surface area contributed by atoms with Crippen LogP contribution >= 0.6 is 0 Å². The SMILES string of the molecule is Cc1cc(CCCCCCCN)on1. The minimum absolute atomic E-state index is 0.821. The summed E-state index contributed by atoms with van der Waals surface area (Å²) < 4.78 is 5.12. The van der Waals surface area contributed by atoms with Crippen LogP contribution in [0, 0.1) is 6.92 Å². The van der Waals surface area contributed by atoms with E-state index in [2.05, 4.69) is 5.16 Å². The summed E-state index contributed by atoms with van der Waals surface area (Å²) in [7, 11) is 0. The molecule has 14 heavy (non-hydrogen) atoms. The monoisotopic (exact) mass is 196 g/mol. The number of hydrogen-bond donors (Lipinski definition) is 1. The normalized spacial score (nSPS) is 10.7. The molecule has 1 aromatic rings. The van der Waals surface area contributed by atoms with Gasteiger partial charge in [-0.2, -0.15) is 0 Å². The minimum atomic E-state index is 0.821. The molecule has 80 valence electrons. The first kappa shape index (κ1) is 11.2. The maximum atomic E-state index is 5.41. The number of aryl methyl sites for hydroxylation is 2. The number of rotatable bonds is 7. The molecule has 0 aromatic carbocycles. The maximum absolute atomic E-state index is 5.41. The van der Waals surface area contributed by atoms with Crippen molar-refractivity contribution in [1.82, 2.24) is 5.16 Å². The van der Waals surface area contributed by atoms with E-state index in [0.717, 1.165) is 30.8 Å². The van der Waals surface area contributed by atoms with E-state index in [1.165, 1.54) is 25.7 Å². The van der Waals surface area contributed by atoms with Crippen LogP contribution < -0.4 is 5.73 Å². The summed E-state index contributed by atoms with van der Waals surface area (Å²) >= 11 is 0. The lowest BCUT2D eigenvalue weighted by Gasteiger charge is -1.97. The molecule has 0 bridgehead atoms. The fraction of sp³-hybridized carbons (Fsp3) is 0.727. The van der Waals surface area contributed by atoms with Crippen LogP contribution in [0.5, 0.6) is 0 Å². The molecule has 2 N–H and O–H groups in total. The average molecular weight is 196 g/mol. The summed E-state index contributed by atoms with van der Waals surface area (Å²) in [6.07, 6.45) is 7.17. The summed E-state index contributed by atoms with van der Waals surface area (Å²) in [6.45, 7) is 2.77. The number of unbranched alkanes of at least 4 members (excludes halogenated alkanes) is 4. The molecule has 0 atom stereocenters. The number of nitrogens with two attached hydrogens (primary N) is 1. The van der Waals surface area contributed by atoms with Crippen LogP contribution in [0.25, 0.3) is 0 Å². The molecular weight excluding hydrogens is 176 g/mol. The second-order valence-electron chi connectivity index (χ2n) is 3.74. The second-order valence-corrected chi connectivity index (χ2v) is 3.74. The van der Waals surface area contributed by atoms with Crippen LogP contribution in [0.1, 0.15) is 43.6 Å². The highest BCUT2D eigenvalue weighted by Gasteiger charge is 1.99. The van der Waals surface area contributed by atoms with Crippen molar-refractivity contribution in [2.24, 2.45) is 5.73 Å². The number of nitrogens with zero attached hydrogens (tertiary/aromatic N) is 1. The van der Waals surface area contributed by atoms with E-state index in [4.69, 9.17) is 10.3 Å². The van der Waals surface area contributed by atoms with Gasteiger partial charge in [-0.3, -0.25) is 0 Å². The van der Waals surface area contributed by atoms with Crippen LogP contribution in [0.2, 0.25) is 0 Å². The lowest BCUT2D eigenvalue weighted by atomic mass is 10.1. The lowest BCUT2D eigenvalue weighted by molar-refractivity contribution is 0.375. The fourth-order valence-electron chi connectivity index (χ4n) is 1.51. The van der Waals surface area contributed by atoms with Crippen LogP contribution in [-0.4, -0.2) is 11.7 Å². The zero-order chi connectivity index (χ0) is 10.2. The van der Waals surface area contributed by atoms with Gasteiger partial charge in [-0.05, 0) is 26.3 Å². The molecule has 0 unspecified atom stereocenters. The van der Waals surface area contributed by atoms with E-state index in [9.17, 15) is 0 Å². The molecule has 0 radical (unpaired) electrons. The highest BCUT2D eigenvalue weighted by Crippen LogP contribution is 2.09. The van der Waals surface area contributed by atoms with Crippen molar-refractivity contribution < 1.29 is 4.52 Å². The molecule has 0 aliphatic rings. The molecular formula is C11H20N2O. The third kappa shape index (κ3) is 4.42. The van der Waals surface area contributed by atoms with E-state index in [1.807, 2.05) is 13.0 Å². The summed E-state index contributed by atoms with van der Waals surface area (Å²) in [5, 5.41) is 3.85. The van der Waals surface area contributed by atoms with Crippen molar-refractivity contribution >= 4 is 0 Å². The maximum Gasteiger partial charge on any atom is 0.136 e. The van der Waals surface area contributed by atoms with Gasteiger partial charge in [0.2, 0.25) is 0 Å². The average Bonchev–Trinajstić information content (AvgIpc) is 2.58. The number of aromatic nitrogens is 1.